The average Bonchev–Trinajstić information content (AvgIpc) is 2.34. The molecule has 1 aromatic rings. The molecule has 2 N–H and O–H groups in total. The number of methoxy groups -OCH3 is 1. The van der Waals surface area contributed by atoms with Crippen LogP contribution in [0.2, 0.25) is 5.15 Å². The van der Waals surface area contributed by atoms with Gasteiger partial charge in [0.1, 0.15) is 5.15 Å². The van der Waals surface area contributed by atoms with Gasteiger partial charge in [-0.05, 0) is 12.1 Å². The Bertz CT molecular complexity index is 425. The number of rotatable bonds is 4. The van der Waals surface area contributed by atoms with Crippen molar-refractivity contribution >= 4 is 23.5 Å². The zero-order valence-electron chi connectivity index (χ0n) is 9.01. The minimum Gasteiger partial charge on any atom is -0.467 e. The number of carbonyl (C=O) groups excluding carboxylic acids is 2. The smallest absolute Gasteiger partial charge is 0.330 e. The summed E-state index contributed by atoms with van der Waals surface area (Å²) in [7, 11) is 1.17. The SMILES string of the molecule is COC(=O)[C@@H](CO)NC(=O)c1ccnc(Cl)c1. The van der Waals surface area contributed by atoms with Crippen molar-refractivity contribution < 1.29 is 19.4 Å². The van der Waals surface area contributed by atoms with E-state index in [-0.39, 0.29) is 10.7 Å². The number of aromatic nitrogens is 1. The average molecular weight is 259 g/mol. The standard InChI is InChI=1S/C10H11ClN2O4/c1-17-10(16)7(5-14)13-9(15)6-2-3-12-8(11)4-6/h2-4,7,14H,5H2,1H3,(H,13,15)/t7-/m1/s1. The molecule has 17 heavy (non-hydrogen) atoms. The fourth-order valence-corrected chi connectivity index (χ4v) is 1.28. The van der Waals surface area contributed by atoms with Crippen LogP contribution in [-0.4, -0.2) is 41.7 Å². The lowest BCUT2D eigenvalue weighted by Crippen LogP contribution is -2.44. The third-order valence-electron chi connectivity index (χ3n) is 1.96. The number of esters is 1. The van der Waals surface area contributed by atoms with E-state index in [2.05, 4.69) is 15.0 Å². The number of amides is 1. The lowest BCUT2D eigenvalue weighted by atomic mass is 10.2. The zero-order valence-corrected chi connectivity index (χ0v) is 9.77. The van der Waals surface area contributed by atoms with Crippen LogP contribution in [0.5, 0.6) is 0 Å². The molecule has 0 fully saturated rings. The lowest BCUT2D eigenvalue weighted by molar-refractivity contribution is -0.143. The van der Waals surface area contributed by atoms with Crippen LogP contribution in [0.15, 0.2) is 18.3 Å². The molecule has 1 rings (SSSR count). The van der Waals surface area contributed by atoms with Crippen LogP contribution >= 0.6 is 11.6 Å². The molecule has 0 bridgehead atoms. The molecule has 0 saturated carbocycles. The molecule has 92 valence electrons. The Hall–Kier alpha value is -1.66. The predicted molar refractivity (Wildman–Crippen MR) is 59.6 cm³/mol. The first-order valence-corrected chi connectivity index (χ1v) is 5.07. The van der Waals surface area contributed by atoms with Gasteiger partial charge in [0.15, 0.2) is 6.04 Å². The summed E-state index contributed by atoms with van der Waals surface area (Å²) in [5.41, 5.74) is 0.243. The minimum absolute atomic E-state index is 0.163. The van der Waals surface area contributed by atoms with Crippen LogP contribution < -0.4 is 5.32 Å². The number of carbonyl (C=O) groups is 2. The van der Waals surface area contributed by atoms with Crippen molar-refractivity contribution in [2.24, 2.45) is 0 Å². The summed E-state index contributed by atoms with van der Waals surface area (Å²) in [6, 6.07) is 1.69. The van der Waals surface area contributed by atoms with E-state index in [0.717, 1.165) is 0 Å². The van der Waals surface area contributed by atoms with E-state index >= 15 is 0 Å². The molecule has 0 aliphatic heterocycles. The van der Waals surface area contributed by atoms with Gasteiger partial charge in [-0.3, -0.25) is 4.79 Å². The third kappa shape index (κ3) is 3.69. The molecular formula is C10H11ClN2O4. The van der Waals surface area contributed by atoms with Crippen LogP contribution in [0, 0.1) is 0 Å². The summed E-state index contributed by atoms with van der Waals surface area (Å²) in [6.45, 7) is -0.544. The quantitative estimate of drug-likeness (QED) is 0.586. The van der Waals surface area contributed by atoms with Crippen LogP contribution in [0.4, 0.5) is 0 Å². The number of nitrogens with zero attached hydrogens (tertiary/aromatic N) is 1. The number of halogens is 1. The Morgan fingerprint density at radius 1 is 1.65 bits per heavy atom. The van der Waals surface area contributed by atoms with Gasteiger partial charge in [-0.25, -0.2) is 9.78 Å². The Labute approximate surface area is 103 Å². The second-order valence-electron chi connectivity index (χ2n) is 3.10. The molecule has 7 heteroatoms. The number of aliphatic hydroxyl groups excluding tert-OH is 1. The molecule has 1 amide bonds. The first-order valence-electron chi connectivity index (χ1n) is 4.69. The maximum Gasteiger partial charge on any atom is 0.330 e. The maximum absolute atomic E-state index is 11.7. The molecule has 0 saturated heterocycles. The molecule has 6 nitrogen and oxygen atoms in total. The molecule has 1 atom stereocenters. The minimum atomic E-state index is -1.10. The Morgan fingerprint density at radius 2 is 2.35 bits per heavy atom. The summed E-state index contributed by atoms with van der Waals surface area (Å²) in [5, 5.41) is 11.4. The number of pyridine rings is 1. The second kappa shape index (κ2) is 6.17. The van der Waals surface area contributed by atoms with Gasteiger partial charge in [-0.1, -0.05) is 11.6 Å². The fraction of sp³-hybridized carbons (Fsp3) is 0.300. The summed E-state index contributed by atoms with van der Waals surface area (Å²) in [6.07, 6.45) is 1.36. The summed E-state index contributed by atoms with van der Waals surface area (Å²) in [5.74, 6) is -1.26. The third-order valence-corrected chi connectivity index (χ3v) is 2.17. The number of aliphatic hydroxyl groups is 1. The van der Waals surface area contributed by atoms with E-state index in [0.29, 0.717) is 0 Å². The molecule has 0 radical (unpaired) electrons. The zero-order chi connectivity index (χ0) is 12.8. The van der Waals surface area contributed by atoms with Crippen molar-refractivity contribution in [1.29, 1.82) is 0 Å². The van der Waals surface area contributed by atoms with Crippen molar-refractivity contribution in [3.8, 4) is 0 Å². The topological polar surface area (TPSA) is 88.5 Å². The van der Waals surface area contributed by atoms with Gasteiger partial charge < -0.3 is 15.2 Å². The van der Waals surface area contributed by atoms with Gasteiger partial charge in [-0.15, -0.1) is 0 Å². The van der Waals surface area contributed by atoms with Gasteiger partial charge in [0.05, 0.1) is 13.7 Å². The van der Waals surface area contributed by atoms with Gasteiger partial charge >= 0.3 is 5.97 Å². The molecule has 0 aromatic carbocycles. The fourth-order valence-electron chi connectivity index (χ4n) is 1.11. The van der Waals surface area contributed by atoms with E-state index in [1.807, 2.05) is 0 Å². The molecule has 1 aromatic heterocycles. The molecule has 0 unspecified atom stereocenters. The monoisotopic (exact) mass is 258 g/mol. The highest BCUT2D eigenvalue weighted by Gasteiger charge is 2.21. The summed E-state index contributed by atoms with van der Waals surface area (Å²) in [4.78, 5) is 26.5. The van der Waals surface area contributed by atoms with E-state index in [4.69, 9.17) is 16.7 Å². The van der Waals surface area contributed by atoms with Crippen molar-refractivity contribution in [1.82, 2.24) is 10.3 Å². The number of hydrogen-bond acceptors (Lipinski definition) is 5. The largest absolute Gasteiger partial charge is 0.467 e. The van der Waals surface area contributed by atoms with Gasteiger partial charge in [0.25, 0.3) is 5.91 Å². The highest BCUT2D eigenvalue weighted by molar-refractivity contribution is 6.29. The number of nitrogens with one attached hydrogen (secondary N) is 1. The summed E-state index contributed by atoms with van der Waals surface area (Å²) >= 11 is 5.62. The molecule has 0 spiro atoms. The van der Waals surface area contributed by atoms with E-state index in [9.17, 15) is 9.59 Å². The second-order valence-corrected chi connectivity index (χ2v) is 3.49. The lowest BCUT2D eigenvalue weighted by Gasteiger charge is -2.13. The van der Waals surface area contributed by atoms with Crippen molar-refractivity contribution in [3.63, 3.8) is 0 Å². The normalized spacial score (nSPS) is 11.7. The maximum atomic E-state index is 11.7. The summed E-state index contributed by atoms with van der Waals surface area (Å²) < 4.78 is 4.41. The van der Waals surface area contributed by atoms with Crippen LogP contribution in [-0.2, 0) is 9.53 Å². The Kier molecular flexibility index (Phi) is 4.86. The Balaban J connectivity index is 2.74. The first-order chi connectivity index (χ1) is 8.08. The first kappa shape index (κ1) is 13.4. The van der Waals surface area contributed by atoms with Gasteiger partial charge in [0.2, 0.25) is 0 Å². The predicted octanol–water partition coefficient (Wildman–Crippen LogP) is -0.00130. The highest BCUT2D eigenvalue weighted by Crippen LogP contribution is 2.07. The van der Waals surface area contributed by atoms with Crippen LogP contribution in [0.1, 0.15) is 10.4 Å². The molecule has 0 aliphatic carbocycles. The highest BCUT2D eigenvalue weighted by atomic mass is 35.5. The van der Waals surface area contributed by atoms with Crippen LogP contribution in [0.3, 0.4) is 0 Å². The van der Waals surface area contributed by atoms with Crippen molar-refractivity contribution in [3.05, 3.63) is 29.0 Å². The molecular weight excluding hydrogens is 248 g/mol. The number of ether oxygens (including phenoxy) is 1. The van der Waals surface area contributed by atoms with E-state index in [1.165, 1.54) is 25.4 Å². The van der Waals surface area contributed by atoms with Gasteiger partial charge in [-0.2, -0.15) is 0 Å². The Morgan fingerprint density at radius 3 is 2.88 bits per heavy atom. The van der Waals surface area contributed by atoms with Crippen LogP contribution in [0.25, 0.3) is 0 Å². The van der Waals surface area contributed by atoms with Crippen molar-refractivity contribution in [2.45, 2.75) is 6.04 Å². The number of hydrogen-bond donors (Lipinski definition) is 2. The van der Waals surface area contributed by atoms with E-state index < -0.39 is 24.5 Å². The van der Waals surface area contributed by atoms with Crippen molar-refractivity contribution in [2.75, 3.05) is 13.7 Å². The molecule has 0 aliphatic rings. The molecule has 1 heterocycles. The van der Waals surface area contributed by atoms with Gasteiger partial charge in [0, 0.05) is 11.8 Å². The van der Waals surface area contributed by atoms with E-state index in [1.54, 1.807) is 0 Å².